The van der Waals surface area contributed by atoms with Crippen LogP contribution in [0.2, 0.25) is 5.02 Å². The normalized spacial score (nSPS) is 17.8. The molecule has 2 aromatic carbocycles. The van der Waals surface area contributed by atoms with Crippen LogP contribution in [-0.2, 0) is 9.59 Å². The highest BCUT2D eigenvalue weighted by Crippen LogP contribution is 2.42. The van der Waals surface area contributed by atoms with Crippen LogP contribution in [0.1, 0.15) is 17.2 Å². The second-order valence-corrected chi connectivity index (χ2v) is 7.19. The number of hydrogen-bond donors (Lipinski definition) is 1. The van der Waals surface area contributed by atoms with E-state index in [4.69, 9.17) is 16.3 Å². The van der Waals surface area contributed by atoms with Crippen molar-refractivity contribution in [3.05, 3.63) is 94.5 Å². The van der Waals surface area contributed by atoms with Crippen molar-refractivity contribution in [2.75, 3.05) is 12.0 Å². The van der Waals surface area contributed by atoms with Crippen LogP contribution in [0.4, 0.5) is 10.1 Å². The second kappa shape index (κ2) is 8.20. The maximum absolute atomic E-state index is 13.9. The van der Waals surface area contributed by atoms with Gasteiger partial charge < -0.3 is 9.84 Å². The highest BCUT2D eigenvalue weighted by Gasteiger charge is 2.47. The predicted octanol–water partition coefficient (Wildman–Crippen LogP) is 4.51. The summed E-state index contributed by atoms with van der Waals surface area (Å²) in [7, 11) is 1.42. The maximum Gasteiger partial charge on any atom is 0.300 e. The highest BCUT2D eigenvalue weighted by atomic mass is 35.5. The number of amides is 1. The molecule has 1 fully saturated rings. The molecular weight excluding hydrogens is 423 g/mol. The molecule has 2 heterocycles. The van der Waals surface area contributed by atoms with Crippen molar-refractivity contribution in [3.63, 3.8) is 0 Å². The Bertz CT molecular complexity index is 1210. The van der Waals surface area contributed by atoms with Gasteiger partial charge in [0.25, 0.3) is 11.7 Å². The fourth-order valence-electron chi connectivity index (χ4n) is 3.55. The van der Waals surface area contributed by atoms with Crippen LogP contribution in [-0.4, -0.2) is 28.9 Å². The first-order chi connectivity index (χ1) is 14.9. The van der Waals surface area contributed by atoms with Gasteiger partial charge in [-0.2, -0.15) is 0 Å². The summed E-state index contributed by atoms with van der Waals surface area (Å²) < 4.78 is 19.1. The van der Waals surface area contributed by atoms with Crippen molar-refractivity contribution in [2.45, 2.75) is 6.04 Å². The number of hydrogen-bond acceptors (Lipinski definition) is 5. The van der Waals surface area contributed by atoms with E-state index < -0.39 is 29.3 Å². The first-order valence-electron chi connectivity index (χ1n) is 9.22. The lowest BCUT2D eigenvalue weighted by molar-refractivity contribution is -0.132. The lowest BCUT2D eigenvalue weighted by Crippen LogP contribution is -2.29. The molecule has 1 aliphatic heterocycles. The van der Waals surface area contributed by atoms with Crippen molar-refractivity contribution in [3.8, 4) is 5.75 Å². The molecule has 0 saturated carbocycles. The van der Waals surface area contributed by atoms with E-state index in [2.05, 4.69) is 4.98 Å². The third-order valence-corrected chi connectivity index (χ3v) is 5.29. The fraction of sp³-hybridized carbons (Fsp3) is 0.0870. The SMILES string of the molecule is COc1cc(/C(O)=C2\C(=O)C(=O)N(c3cccc(F)c3)C2c2ccncc2)ccc1Cl. The third-order valence-electron chi connectivity index (χ3n) is 4.98. The van der Waals surface area contributed by atoms with Gasteiger partial charge in [0.15, 0.2) is 0 Å². The van der Waals surface area contributed by atoms with Gasteiger partial charge in [0, 0.05) is 23.6 Å². The standard InChI is InChI=1S/C23H16ClFN2O4/c1-31-18-11-14(5-6-17(18)24)21(28)19-20(13-7-9-26-10-8-13)27(23(30)22(19)29)16-4-2-3-15(25)12-16/h2-12,20,28H,1H3/b21-19+. The van der Waals surface area contributed by atoms with Crippen LogP contribution in [0.15, 0.2) is 72.6 Å². The molecule has 4 rings (SSSR count). The van der Waals surface area contributed by atoms with E-state index in [-0.39, 0.29) is 16.8 Å². The Morgan fingerprint density at radius 3 is 2.55 bits per heavy atom. The molecule has 0 radical (unpaired) electrons. The van der Waals surface area contributed by atoms with E-state index in [1.54, 1.807) is 12.1 Å². The number of ether oxygens (including phenoxy) is 1. The number of ketones is 1. The van der Waals surface area contributed by atoms with Crippen LogP contribution in [0, 0.1) is 5.82 Å². The number of anilines is 1. The van der Waals surface area contributed by atoms with E-state index in [1.165, 1.54) is 60.8 Å². The smallest absolute Gasteiger partial charge is 0.300 e. The summed E-state index contributed by atoms with van der Waals surface area (Å²) in [6.45, 7) is 0. The van der Waals surface area contributed by atoms with Gasteiger partial charge >= 0.3 is 0 Å². The van der Waals surface area contributed by atoms with Gasteiger partial charge in [0.2, 0.25) is 0 Å². The molecule has 1 saturated heterocycles. The Balaban J connectivity index is 1.95. The van der Waals surface area contributed by atoms with E-state index >= 15 is 0 Å². The lowest BCUT2D eigenvalue weighted by atomic mass is 9.95. The number of rotatable bonds is 4. The number of methoxy groups -OCH3 is 1. The Kier molecular flexibility index (Phi) is 5.44. The molecule has 1 N–H and O–H groups in total. The van der Waals surface area contributed by atoms with Gasteiger partial charge in [0.1, 0.15) is 17.3 Å². The van der Waals surface area contributed by atoms with Crippen molar-refractivity contribution >= 4 is 34.7 Å². The quantitative estimate of drug-likeness (QED) is 0.368. The summed E-state index contributed by atoms with van der Waals surface area (Å²) in [5.41, 5.74) is 0.833. The molecule has 0 bridgehead atoms. The average molecular weight is 439 g/mol. The number of aromatic nitrogens is 1. The van der Waals surface area contributed by atoms with Crippen molar-refractivity contribution in [1.82, 2.24) is 4.98 Å². The summed E-state index contributed by atoms with van der Waals surface area (Å²) in [6, 6.07) is 12.1. The number of benzene rings is 2. The van der Waals surface area contributed by atoms with Crippen LogP contribution >= 0.6 is 11.6 Å². The van der Waals surface area contributed by atoms with E-state index in [1.807, 2.05) is 0 Å². The lowest BCUT2D eigenvalue weighted by Gasteiger charge is -2.25. The summed E-state index contributed by atoms with van der Waals surface area (Å²) >= 11 is 6.06. The number of Topliss-reactive ketones (excluding diaryl/α,β-unsaturated/α-hetero) is 1. The van der Waals surface area contributed by atoms with E-state index in [0.29, 0.717) is 16.3 Å². The number of nitrogens with zero attached hydrogens (tertiary/aromatic N) is 2. The third kappa shape index (κ3) is 3.64. The number of aliphatic hydroxyl groups excluding tert-OH is 1. The second-order valence-electron chi connectivity index (χ2n) is 6.78. The minimum Gasteiger partial charge on any atom is -0.507 e. The van der Waals surface area contributed by atoms with Gasteiger partial charge in [-0.05, 0) is 54.1 Å². The molecule has 1 atom stereocenters. The summed E-state index contributed by atoms with van der Waals surface area (Å²) in [5, 5.41) is 11.4. The summed E-state index contributed by atoms with van der Waals surface area (Å²) in [4.78, 5) is 31.1. The van der Waals surface area contributed by atoms with Gasteiger partial charge in [-0.15, -0.1) is 0 Å². The first kappa shape index (κ1) is 20.6. The van der Waals surface area contributed by atoms with Crippen molar-refractivity contribution in [1.29, 1.82) is 0 Å². The number of carbonyl (C=O) groups excluding carboxylic acids is 2. The van der Waals surface area contributed by atoms with E-state index in [9.17, 15) is 19.1 Å². The topological polar surface area (TPSA) is 79.7 Å². The number of halogens is 2. The average Bonchev–Trinajstić information content (AvgIpc) is 3.05. The number of aliphatic hydroxyl groups is 1. The minimum atomic E-state index is -0.980. The van der Waals surface area contributed by atoms with Crippen molar-refractivity contribution in [2.24, 2.45) is 0 Å². The van der Waals surface area contributed by atoms with Gasteiger partial charge in [-0.25, -0.2) is 4.39 Å². The first-order valence-corrected chi connectivity index (χ1v) is 9.60. The molecule has 3 aromatic rings. The molecule has 31 heavy (non-hydrogen) atoms. The molecule has 1 aliphatic rings. The van der Waals surface area contributed by atoms with Crippen molar-refractivity contribution < 1.29 is 23.8 Å². The van der Waals surface area contributed by atoms with Crippen LogP contribution in [0.25, 0.3) is 5.76 Å². The molecule has 1 unspecified atom stereocenters. The minimum absolute atomic E-state index is 0.134. The molecule has 0 aliphatic carbocycles. The van der Waals surface area contributed by atoms with Gasteiger partial charge in [0.05, 0.1) is 23.7 Å². The summed E-state index contributed by atoms with van der Waals surface area (Å²) in [6.07, 6.45) is 3.01. The predicted molar refractivity (Wildman–Crippen MR) is 113 cm³/mol. The van der Waals surface area contributed by atoms with Gasteiger partial charge in [-0.3, -0.25) is 19.5 Å². The monoisotopic (exact) mass is 438 g/mol. The Labute approximate surface area is 182 Å². The van der Waals surface area contributed by atoms with Crippen LogP contribution in [0.5, 0.6) is 5.75 Å². The molecule has 156 valence electrons. The number of pyridine rings is 1. The zero-order valence-corrected chi connectivity index (χ0v) is 17.0. The highest BCUT2D eigenvalue weighted by molar-refractivity contribution is 6.51. The molecule has 6 nitrogen and oxygen atoms in total. The van der Waals surface area contributed by atoms with E-state index in [0.717, 1.165) is 6.07 Å². The fourth-order valence-corrected chi connectivity index (χ4v) is 3.74. The Morgan fingerprint density at radius 2 is 1.87 bits per heavy atom. The Hall–Kier alpha value is -3.71. The van der Waals surface area contributed by atoms with Crippen LogP contribution in [0.3, 0.4) is 0 Å². The van der Waals surface area contributed by atoms with Gasteiger partial charge in [-0.1, -0.05) is 17.7 Å². The molecular formula is C23H16ClFN2O4. The molecule has 1 aromatic heterocycles. The number of carbonyl (C=O) groups is 2. The maximum atomic E-state index is 13.9. The molecule has 1 amide bonds. The zero-order valence-electron chi connectivity index (χ0n) is 16.3. The summed E-state index contributed by atoms with van der Waals surface area (Å²) in [5.74, 6) is -2.43. The largest absolute Gasteiger partial charge is 0.507 e. The molecule has 0 spiro atoms. The Morgan fingerprint density at radius 1 is 1.13 bits per heavy atom. The molecule has 8 heteroatoms. The zero-order chi connectivity index (χ0) is 22.1. The van der Waals surface area contributed by atoms with Crippen LogP contribution < -0.4 is 9.64 Å².